The van der Waals surface area contributed by atoms with Crippen molar-refractivity contribution in [2.24, 2.45) is 13.0 Å². The highest BCUT2D eigenvalue weighted by atomic mass is 32.2. The van der Waals surface area contributed by atoms with Crippen LogP contribution in [0.3, 0.4) is 0 Å². The smallest absolute Gasteiger partial charge is 0.168 e. The minimum absolute atomic E-state index is 0.0931. The summed E-state index contributed by atoms with van der Waals surface area (Å²) in [5.74, 6) is 0.583. The van der Waals surface area contributed by atoms with Crippen molar-refractivity contribution < 1.29 is 0 Å². The van der Waals surface area contributed by atoms with Gasteiger partial charge in [-0.25, -0.2) is 4.98 Å². The summed E-state index contributed by atoms with van der Waals surface area (Å²) in [6.07, 6.45) is 1.06. The number of hydrogen-bond donors (Lipinski definition) is 0. The van der Waals surface area contributed by atoms with Gasteiger partial charge in [0.05, 0.1) is 29.1 Å². The second-order valence-electron chi connectivity index (χ2n) is 4.28. The SMILES string of the molecule is Cn1c(SCC(C#N)CCC#N)nc2ccccc21. The molecule has 0 amide bonds. The van der Waals surface area contributed by atoms with Gasteiger partial charge in [0.25, 0.3) is 0 Å². The molecule has 2 aromatic rings. The second kappa shape index (κ2) is 6.26. The van der Waals surface area contributed by atoms with Crippen molar-refractivity contribution in [2.75, 3.05) is 5.75 Å². The van der Waals surface area contributed by atoms with Gasteiger partial charge in [-0.15, -0.1) is 0 Å². The molecule has 0 aliphatic heterocycles. The Bertz CT molecular complexity index is 647. The van der Waals surface area contributed by atoms with Crippen LogP contribution in [0.5, 0.6) is 0 Å². The molecule has 19 heavy (non-hydrogen) atoms. The van der Waals surface area contributed by atoms with E-state index in [2.05, 4.69) is 17.1 Å². The molecule has 0 aliphatic rings. The molecular weight excluding hydrogens is 256 g/mol. The molecule has 1 aromatic carbocycles. The van der Waals surface area contributed by atoms with E-state index in [1.807, 2.05) is 35.9 Å². The van der Waals surface area contributed by atoms with E-state index in [1.165, 1.54) is 0 Å². The van der Waals surface area contributed by atoms with Crippen molar-refractivity contribution in [3.63, 3.8) is 0 Å². The number of hydrogen-bond acceptors (Lipinski definition) is 4. The van der Waals surface area contributed by atoms with Crippen molar-refractivity contribution in [3.05, 3.63) is 24.3 Å². The molecule has 5 heteroatoms. The van der Waals surface area contributed by atoms with E-state index in [0.29, 0.717) is 18.6 Å². The molecule has 1 heterocycles. The Balaban J connectivity index is 2.08. The topological polar surface area (TPSA) is 65.4 Å². The molecule has 0 fully saturated rings. The van der Waals surface area contributed by atoms with Gasteiger partial charge in [-0.3, -0.25) is 0 Å². The van der Waals surface area contributed by atoms with Gasteiger partial charge in [0.15, 0.2) is 5.16 Å². The van der Waals surface area contributed by atoms with Gasteiger partial charge >= 0.3 is 0 Å². The molecule has 0 N–H and O–H groups in total. The third kappa shape index (κ3) is 3.07. The Labute approximate surface area is 116 Å². The maximum atomic E-state index is 9.04. The minimum atomic E-state index is -0.0931. The number of aryl methyl sites for hydroxylation is 1. The van der Waals surface area contributed by atoms with Gasteiger partial charge in [-0.05, 0) is 18.6 Å². The van der Waals surface area contributed by atoms with Crippen LogP contribution in [0.1, 0.15) is 12.8 Å². The first-order chi connectivity index (χ1) is 9.26. The largest absolute Gasteiger partial charge is 0.322 e. The highest BCUT2D eigenvalue weighted by Crippen LogP contribution is 2.25. The molecule has 2 rings (SSSR count). The van der Waals surface area contributed by atoms with Crippen LogP contribution in [-0.4, -0.2) is 15.3 Å². The summed E-state index contributed by atoms with van der Waals surface area (Å²) in [6.45, 7) is 0. The van der Waals surface area contributed by atoms with Crippen LogP contribution in [-0.2, 0) is 7.05 Å². The van der Waals surface area contributed by atoms with Crippen LogP contribution < -0.4 is 0 Å². The summed E-state index contributed by atoms with van der Waals surface area (Å²) in [6, 6.07) is 12.3. The molecule has 0 radical (unpaired) electrons. The predicted octanol–water partition coefficient (Wildman–Crippen LogP) is 3.11. The zero-order valence-corrected chi connectivity index (χ0v) is 11.5. The molecule has 96 valence electrons. The first-order valence-electron chi connectivity index (χ1n) is 6.07. The fourth-order valence-corrected chi connectivity index (χ4v) is 2.90. The van der Waals surface area contributed by atoms with Gasteiger partial charge in [-0.1, -0.05) is 23.9 Å². The molecule has 0 saturated heterocycles. The number of fused-ring (bicyclic) bond motifs is 1. The number of rotatable bonds is 5. The van der Waals surface area contributed by atoms with Gasteiger partial charge < -0.3 is 4.57 Å². The van der Waals surface area contributed by atoms with Crippen molar-refractivity contribution in [2.45, 2.75) is 18.0 Å². The Morgan fingerprint density at radius 3 is 2.84 bits per heavy atom. The lowest BCUT2D eigenvalue weighted by molar-refractivity contribution is 0.682. The summed E-state index contributed by atoms with van der Waals surface area (Å²) in [5.41, 5.74) is 2.06. The molecule has 4 nitrogen and oxygen atoms in total. The van der Waals surface area contributed by atoms with E-state index >= 15 is 0 Å². The third-order valence-electron chi connectivity index (χ3n) is 2.95. The zero-order chi connectivity index (χ0) is 13.7. The standard InChI is InChI=1S/C14H14N4S/c1-18-13-7-3-2-6-12(13)17-14(18)19-10-11(9-16)5-4-8-15/h2-3,6-7,11H,4-5,10H2,1H3. The number of thioether (sulfide) groups is 1. The average molecular weight is 270 g/mol. The molecule has 0 saturated carbocycles. The lowest BCUT2D eigenvalue weighted by atomic mass is 10.1. The highest BCUT2D eigenvalue weighted by Gasteiger charge is 2.12. The van der Waals surface area contributed by atoms with Crippen LogP contribution in [0.2, 0.25) is 0 Å². The molecule has 0 bridgehead atoms. The van der Waals surface area contributed by atoms with Crippen molar-refractivity contribution >= 4 is 22.8 Å². The maximum absolute atomic E-state index is 9.04. The number of nitrogens with zero attached hydrogens (tertiary/aromatic N) is 4. The fourth-order valence-electron chi connectivity index (χ4n) is 1.85. The number of para-hydroxylation sites is 2. The highest BCUT2D eigenvalue weighted by molar-refractivity contribution is 7.99. The number of benzene rings is 1. The molecule has 1 unspecified atom stereocenters. The minimum Gasteiger partial charge on any atom is -0.322 e. The van der Waals surface area contributed by atoms with E-state index in [9.17, 15) is 0 Å². The fraction of sp³-hybridized carbons (Fsp3) is 0.357. The first-order valence-corrected chi connectivity index (χ1v) is 7.05. The van der Waals surface area contributed by atoms with Crippen LogP contribution in [0.4, 0.5) is 0 Å². The van der Waals surface area contributed by atoms with Gasteiger partial charge in [0, 0.05) is 19.2 Å². The molecule has 0 spiro atoms. The summed E-state index contributed by atoms with van der Waals surface area (Å²) in [4.78, 5) is 4.55. The summed E-state index contributed by atoms with van der Waals surface area (Å²) >= 11 is 1.58. The number of imidazole rings is 1. The van der Waals surface area contributed by atoms with Gasteiger partial charge in [0.1, 0.15) is 0 Å². The van der Waals surface area contributed by atoms with E-state index in [1.54, 1.807) is 11.8 Å². The van der Waals surface area contributed by atoms with E-state index in [-0.39, 0.29) is 5.92 Å². The van der Waals surface area contributed by atoms with Gasteiger partial charge in [-0.2, -0.15) is 10.5 Å². The lowest BCUT2D eigenvalue weighted by Gasteiger charge is -2.06. The first kappa shape index (κ1) is 13.5. The predicted molar refractivity (Wildman–Crippen MR) is 75.4 cm³/mol. The summed E-state index contributed by atoms with van der Waals surface area (Å²) in [7, 11) is 1.98. The zero-order valence-electron chi connectivity index (χ0n) is 10.7. The second-order valence-corrected chi connectivity index (χ2v) is 5.26. The summed E-state index contributed by atoms with van der Waals surface area (Å²) in [5, 5.41) is 18.5. The van der Waals surface area contributed by atoms with E-state index < -0.39 is 0 Å². The third-order valence-corrected chi connectivity index (χ3v) is 4.14. The Hall–Kier alpha value is -1.98. The van der Waals surface area contributed by atoms with Crippen LogP contribution >= 0.6 is 11.8 Å². The van der Waals surface area contributed by atoms with Crippen molar-refractivity contribution in [1.82, 2.24) is 9.55 Å². The molecule has 0 aliphatic carbocycles. The summed E-state index contributed by atoms with van der Waals surface area (Å²) < 4.78 is 2.04. The van der Waals surface area contributed by atoms with Crippen molar-refractivity contribution in [3.8, 4) is 12.1 Å². The lowest BCUT2D eigenvalue weighted by Crippen LogP contribution is -2.01. The van der Waals surface area contributed by atoms with Gasteiger partial charge in [0.2, 0.25) is 0 Å². The van der Waals surface area contributed by atoms with Crippen LogP contribution in [0.25, 0.3) is 11.0 Å². The van der Waals surface area contributed by atoms with E-state index in [0.717, 1.165) is 16.2 Å². The molecule has 1 atom stereocenters. The quantitative estimate of drug-likeness (QED) is 0.783. The van der Waals surface area contributed by atoms with Crippen LogP contribution in [0, 0.1) is 28.6 Å². The Morgan fingerprint density at radius 1 is 1.37 bits per heavy atom. The monoisotopic (exact) mass is 270 g/mol. The Morgan fingerprint density at radius 2 is 2.16 bits per heavy atom. The normalized spacial score (nSPS) is 11.9. The maximum Gasteiger partial charge on any atom is 0.168 e. The molecular formula is C14H14N4S. The average Bonchev–Trinajstić information content (AvgIpc) is 2.76. The Kier molecular flexibility index (Phi) is 4.43. The molecule has 1 aromatic heterocycles. The number of nitriles is 2. The van der Waals surface area contributed by atoms with E-state index in [4.69, 9.17) is 10.5 Å². The number of aromatic nitrogens is 2. The van der Waals surface area contributed by atoms with Crippen LogP contribution in [0.15, 0.2) is 29.4 Å². The van der Waals surface area contributed by atoms with Crippen molar-refractivity contribution in [1.29, 1.82) is 10.5 Å².